The second-order valence-electron chi connectivity index (χ2n) is 5.00. The van der Waals surface area contributed by atoms with E-state index >= 15 is 0 Å². The average molecular weight is 289 g/mol. The molecule has 0 fully saturated rings. The topological polar surface area (TPSA) is 30.5 Å². The second kappa shape index (κ2) is 5.75. The van der Waals surface area contributed by atoms with E-state index in [-0.39, 0.29) is 6.10 Å². The van der Waals surface area contributed by atoms with E-state index in [0.717, 1.165) is 35.7 Å². The third kappa shape index (κ3) is 2.75. The Balaban J connectivity index is 1.82. The van der Waals surface area contributed by atoms with Crippen LogP contribution in [0.25, 0.3) is 0 Å². The van der Waals surface area contributed by atoms with Crippen LogP contribution in [0.15, 0.2) is 29.0 Å². The molecule has 1 aromatic heterocycles. The van der Waals surface area contributed by atoms with Crippen LogP contribution in [0.3, 0.4) is 0 Å². The third-order valence-corrected chi connectivity index (χ3v) is 4.07. The van der Waals surface area contributed by atoms with E-state index < -0.39 is 0 Å². The summed E-state index contributed by atoms with van der Waals surface area (Å²) < 4.78 is 11.6. The smallest absolute Gasteiger partial charge is 0.124 e. The molecule has 0 aliphatic carbocycles. The zero-order valence-corrected chi connectivity index (χ0v) is 12.6. The van der Waals surface area contributed by atoms with Crippen LogP contribution in [-0.2, 0) is 13.0 Å². The Kier molecular flexibility index (Phi) is 3.83. The van der Waals surface area contributed by atoms with Crippen molar-refractivity contribution in [1.82, 2.24) is 0 Å². The van der Waals surface area contributed by atoms with E-state index in [1.165, 1.54) is 5.56 Å². The standard InChI is InChI=1S/C16H19NO2S/c1-3-18-15-7-12-6-11(2)19-16(12)8-13(15)9-17-14-4-5-20-10-14/h4-5,7-8,10-11,17H,3,6,9H2,1-2H3. The molecule has 0 saturated carbocycles. The van der Waals surface area contributed by atoms with Crippen molar-refractivity contribution in [2.45, 2.75) is 32.9 Å². The lowest BCUT2D eigenvalue weighted by molar-refractivity contribution is 0.254. The second-order valence-corrected chi connectivity index (χ2v) is 5.78. The van der Waals surface area contributed by atoms with Crippen LogP contribution in [0.1, 0.15) is 25.0 Å². The predicted octanol–water partition coefficient (Wildman–Crippen LogP) is 4.08. The third-order valence-electron chi connectivity index (χ3n) is 3.38. The van der Waals surface area contributed by atoms with Gasteiger partial charge in [0.05, 0.1) is 6.61 Å². The molecule has 0 radical (unpaired) electrons. The number of fused-ring (bicyclic) bond motifs is 1. The van der Waals surface area contributed by atoms with Crippen molar-refractivity contribution in [1.29, 1.82) is 0 Å². The summed E-state index contributed by atoms with van der Waals surface area (Å²) in [5, 5.41) is 7.59. The summed E-state index contributed by atoms with van der Waals surface area (Å²) in [6.07, 6.45) is 1.23. The molecule has 20 heavy (non-hydrogen) atoms. The Labute approximate surface area is 123 Å². The Morgan fingerprint density at radius 2 is 2.35 bits per heavy atom. The predicted molar refractivity (Wildman–Crippen MR) is 83.1 cm³/mol. The maximum atomic E-state index is 5.84. The van der Waals surface area contributed by atoms with Gasteiger partial charge in [-0.1, -0.05) is 0 Å². The highest BCUT2D eigenvalue weighted by molar-refractivity contribution is 7.08. The van der Waals surface area contributed by atoms with Crippen molar-refractivity contribution in [2.75, 3.05) is 11.9 Å². The minimum Gasteiger partial charge on any atom is -0.494 e. The van der Waals surface area contributed by atoms with Gasteiger partial charge < -0.3 is 14.8 Å². The number of hydrogen-bond donors (Lipinski definition) is 1. The normalized spacial score (nSPS) is 16.6. The highest BCUT2D eigenvalue weighted by Crippen LogP contribution is 2.35. The molecule has 4 heteroatoms. The van der Waals surface area contributed by atoms with E-state index in [9.17, 15) is 0 Å². The number of benzene rings is 1. The minimum absolute atomic E-state index is 0.263. The first-order valence-electron chi connectivity index (χ1n) is 6.97. The molecule has 1 aliphatic rings. The van der Waals surface area contributed by atoms with Crippen LogP contribution in [0.5, 0.6) is 11.5 Å². The van der Waals surface area contributed by atoms with Crippen LogP contribution in [0, 0.1) is 0 Å². The van der Waals surface area contributed by atoms with E-state index in [1.54, 1.807) is 11.3 Å². The molecule has 1 unspecified atom stereocenters. The fourth-order valence-electron chi connectivity index (χ4n) is 2.47. The Hall–Kier alpha value is -1.68. The van der Waals surface area contributed by atoms with E-state index in [2.05, 4.69) is 41.2 Å². The van der Waals surface area contributed by atoms with Crippen molar-refractivity contribution < 1.29 is 9.47 Å². The first-order valence-corrected chi connectivity index (χ1v) is 7.92. The first-order chi connectivity index (χ1) is 9.76. The number of thiophene rings is 1. The Bertz CT molecular complexity index is 580. The molecule has 106 valence electrons. The maximum absolute atomic E-state index is 5.84. The molecule has 0 saturated heterocycles. The Morgan fingerprint density at radius 3 is 3.10 bits per heavy atom. The van der Waals surface area contributed by atoms with Gasteiger partial charge in [-0.3, -0.25) is 0 Å². The van der Waals surface area contributed by atoms with Gasteiger partial charge in [0, 0.05) is 35.2 Å². The van der Waals surface area contributed by atoms with Gasteiger partial charge in [0.1, 0.15) is 17.6 Å². The van der Waals surface area contributed by atoms with E-state index in [4.69, 9.17) is 9.47 Å². The molecule has 0 spiro atoms. The van der Waals surface area contributed by atoms with Crippen LogP contribution in [0.4, 0.5) is 5.69 Å². The number of ether oxygens (including phenoxy) is 2. The fraction of sp³-hybridized carbons (Fsp3) is 0.375. The van der Waals surface area contributed by atoms with Gasteiger partial charge in [-0.25, -0.2) is 0 Å². The number of nitrogens with one attached hydrogen (secondary N) is 1. The maximum Gasteiger partial charge on any atom is 0.124 e. The summed E-state index contributed by atoms with van der Waals surface area (Å²) >= 11 is 1.69. The monoisotopic (exact) mass is 289 g/mol. The van der Waals surface area contributed by atoms with Gasteiger partial charge in [0.15, 0.2) is 0 Å². The Morgan fingerprint density at radius 1 is 1.45 bits per heavy atom. The van der Waals surface area contributed by atoms with Gasteiger partial charge in [0.25, 0.3) is 0 Å². The summed E-state index contributed by atoms with van der Waals surface area (Å²) in [6.45, 7) is 5.55. The summed E-state index contributed by atoms with van der Waals surface area (Å²) in [6, 6.07) is 6.33. The highest BCUT2D eigenvalue weighted by Gasteiger charge is 2.21. The molecule has 3 rings (SSSR count). The van der Waals surface area contributed by atoms with E-state index in [1.807, 2.05) is 6.92 Å². The lowest BCUT2D eigenvalue weighted by Gasteiger charge is -2.13. The molecule has 1 atom stereocenters. The number of hydrogen-bond acceptors (Lipinski definition) is 4. The van der Waals surface area contributed by atoms with Crippen molar-refractivity contribution in [3.8, 4) is 11.5 Å². The molecular formula is C16H19NO2S. The van der Waals surface area contributed by atoms with Gasteiger partial charge in [-0.05, 0) is 37.4 Å². The molecule has 1 aromatic carbocycles. The number of rotatable bonds is 5. The van der Waals surface area contributed by atoms with Gasteiger partial charge in [-0.15, -0.1) is 0 Å². The fourth-order valence-corrected chi connectivity index (χ4v) is 3.08. The lowest BCUT2D eigenvalue weighted by atomic mass is 10.1. The van der Waals surface area contributed by atoms with Crippen LogP contribution < -0.4 is 14.8 Å². The first kappa shape index (κ1) is 13.3. The summed E-state index contributed by atoms with van der Waals surface area (Å²) in [5.74, 6) is 1.97. The van der Waals surface area contributed by atoms with Gasteiger partial charge in [-0.2, -0.15) is 11.3 Å². The van der Waals surface area contributed by atoms with Gasteiger partial charge in [0.2, 0.25) is 0 Å². The molecule has 0 amide bonds. The van der Waals surface area contributed by atoms with Crippen molar-refractivity contribution in [2.24, 2.45) is 0 Å². The van der Waals surface area contributed by atoms with E-state index in [0.29, 0.717) is 6.61 Å². The van der Waals surface area contributed by atoms with Crippen LogP contribution >= 0.6 is 11.3 Å². The van der Waals surface area contributed by atoms with Gasteiger partial charge >= 0.3 is 0 Å². The quantitative estimate of drug-likeness (QED) is 0.899. The zero-order chi connectivity index (χ0) is 13.9. The van der Waals surface area contributed by atoms with Crippen molar-refractivity contribution in [3.05, 3.63) is 40.1 Å². The largest absolute Gasteiger partial charge is 0.494 e. The zero-order valence-electron chi connectivity index (χ0n) is 11.8. The highest BCUT2D eigenvalue weighted by atomic mass is 32.1. The summed E-state index contributed by atoms with van der Waals surface area (Å²) in [4.78, 5) is 0. The molecule has 1 aliphatic heterocycles. The lowest BCUT2D eigenvalue weighted by Crippen LogP contribution is -2.05. The number of anilines is 1. The SMILES string of the molecule is CCOc1cc2c(cc1CNc1ccsc1)OC(C)C2. The summed E-state index contributed by atoms with van der Waals surface area (Å²) in [7, 11) is 0. The molecule has 2 aromatic rings. The molecule has 1 N–H and O–H groups in total. The minimum atomic E-state index is 0.263. The molecule has 0 bridgehead atoms. The molecule has 2 heterocycles. The van der Waals surface area contributed by atoms with Crippen molar-refractivity contribution in [3.63, 3.8) is 0 Å². The average Bonchev–Trinajstić information content (AvgIpc) is 3.04. The van der Waals surface area contributed by atoms with Crippen LogP contribution in [0.2, 0.25) is 0 Å². The van der Waals surface area contributed by atoms with Crippen LogP contribution in [-0.4, -0.2) is 12.7 Å². The van der Waals surface area contributed by atoms with Crippen molar-refractivity contribution >= 4 is 17.0 Å². The molecule has 3 nitrogen and oxygen atoms in total. The summed E-state index contributed by atoms with van der Waals surface area (Å²) in [5.41, 5.74) is 3.54. The molecular weight excluding hydrogens is 270 g/mol.